The van der Waals surface area contributed by atoms with Gasteiger partial charge in [0.1, 0.15) is 22.1 Å². The first-order chi connectivity index (χ1) is 37.0. The van der Waals surface area contributed by atoms with Gasteiger partial charge in [-0.1, -0.05) is 75.2 Å². The van der Waals surface area contributed by atoms with Crippen LogP contribution in [0, 0.1) is 23.7 Å². The highest BCUT2D eigenvalue weighted by Gasteiger charge is 2.47. The summed E-state index contributed by atoms with van der Waals surface area (Å²) in [4.78, 5) is 63.0. The zero-order chi connectivity index (χ0) is 56.1. The third-order valence-corrected chi connectivity index (χ3v) is 16.6. The van der Waals surface area contributed by atoms with Crippen LogP contribution in [0.4, 0.5) is 4.79 Å². The molecule has 0 radical (unpaired) electrons. The van der Waals surface area contributed by atoms with Crippen molar-refractivity contribution >= 4 is 64.6 Å². The minimum absolute atomic E-state index is 0.0317. The molecule has 17 heteroatoms. The lowest BCUT2D eigenvalue weighted by atomic mass is 9.89. The molecule has 4 aromatic rings. The van der Waals surface area contributed by atoms with Gasteiger partial charge in [-0.3, -0.25) is 39.6 Å². The number of benzene rings is 2. The maximum atomic E-state index is 13.2. The Bertz CT molecular complexity index is 2860. The molecule has 4 unspecified atom stereocenters. The predicted molar refractivity (Wildman–Crippen MR) is 313 cm³/mol. The van der Waals surface area contributed by atoms with Gasteiger partial charge >= 0.3 is 6.09 Å². The first-order valence-corrected chi connectivity index (χ1v) is 29.3. The minimum atomic E-state index is -0.828. The summed E-state index contributed by atoms with van der Waals surface area (Å²) in [7, 11) is 0. The standard InChI is InChI=1S/C28H36ClN5O.C19H34N4O3.C14H11Cl2N/c1-18(2)16-28(3)26(35)34(27(30)32-28)17-19-10-13-33(14-11-19)25-23-9-8-22(29)15-21(23)7-6-20-5-4-12-31-24(20)25;1-13(2)11-19(6)15(24)23(12-14-7-9-20-10-8-14)16(22-19)21-17(25)26-18(3,4)5;15-11-5-6-12-10(8-11)4-3-9-2-1-7-17-14(9)13(12)16/h4-5,8-9,12,15,18-19,25H,6-7,10-11,13-14,16-17H2,1-3H3,(H2,30,32);13-14,20H,7-12H2,1-6H3,(H,21,22,25);1-2,5-8,13H,3-4H2. The van der Waals surface area contributed by atoms with E-state index >= 15 is 0 Å². The van der Waals surface area contributed by atoms with Gasteiger partial charge in [-0.15, -0.1) is 11.6 Å². The number of amides is 3. The number of aliphatic imine (C=N–C) groups is 2. The molecule has 10 rings (SSSR count). The SMILES string of the molecule is CC(C)CC1(C)N=C(N)N(CC2CCN(C3c4ccc(Cl)cc4CCc4cccnc43)CC2)C1=O.CC(C)CC1(C)N=C(NC(=O)OC(C)(C)C)N(CC2CCNCC2)C1=O.Clc1ccc2c(c1)CCc1cccnc1C2Cl. The highest BCUT2D eigenvalue weighted by Crippen LogP contribution is 2.40. The topological polar surface area (TPSA) is 171 Å². The van der Waals surface area contributed by atoms with E-state index in [0.29, 0.717) is 55.1 Å². The third-order valence-electron chi connectivity index (χ3n) is 15.7. The fraction of sp³-hybridized carbons (Fsp3) is 0.557. The Labute approximate surface area is 477 Å². The number of ether oxygens (including phenoxy) is 1. The van der Waals surface area contributed by atoms with Crippen LogP contribution in [-0.2, 0) is 40.0 Å². The fourth-order valence-corrected chi connectivity index (χ4v) is 13.0. The number of halogens is 3. The Morgan fingerprint density at radius 2 is 1.23 bits per heavy atom. The quantitative estimate of drug-likeness (QED) is 0.138. The van der Waals surface area contributed by atoms with Gasteiger partial charge in [0.05, 0.1) is 17.4 Å². The summed E-state index contributed by atoms with van der Waals surface area (Å²) in [6, 6.07) is 20.7. The Hall–Kier alpha value is -5.12. The van der Waals surface area contributed by atoms with Gasteiger partial charge in [0.2, 0.25) is 5.96 Å². The van der Waals surface area contributed by atoms with Crippen LogP contribution in [0.2, 0.25) is 10.0 Å². The van der Waals surface area contributed by atoms with Gasteiger partial charge in [-0.2, -0.15) is 0 Å². The zero-order valence-electron chi connectivity index (χ0n) is 47.2. The molecule has 0 bridgehead atoms. The number of guanidine groups is 2. The van der Waals surface area contributed by atoms with Crippen molar-refractivity contribution in [1.82, 2.24) is 35.3 Å². The van der Waals surface area contributed by atoms with Crippen LogP contribution in [0.1, 0.15) is 157 Å². The first-order valence-electron chi connectivity index (χ1n) is 28.1. The van der Waals surface area contributed by atoms with Gasteiger partial charge in [0, 0.05) is 35.5 Å². The van der Waals surface area contributed by atoms with E-state index < -0.39 is 22.8 Å². The maximum absolute atomic E-state index is 13.2. The number of aromatic nitrogens is 2. The first kappa shape index (κ1) is 59.0. The average Bonchev–Trinajstić information content (AvgIpc) is 3.61. The van der Waals surface area contributed by atoms with E-state index in [4.69, 9.17) is 50.3 Å². The van der Waals surface area contributed by atoms with E-state index in [-0.39, 0.29) is 23.2 Å². The third kappa shape index (κ3) is 14.2. The van der Waals surface area contributed by atoms with Crippen LogP contribution >= 0.6 is 34.8 Å². The van der Waals surface area contributed by atoms with E-state index in [1.165, 1.54) is 33.5 Å². The maximum Gasteiger partial charge on any atom is 0.414 e. The largest absolute Gasteiger partial charge is 0.444 e. The summed E-state index contributed by atoms with van der Waals surface area (Å²) in [6.07, 6.45) is 12.5. The number of nitrogens with zero attached hydrogens (tertiary/aromatic N) is 7. The average molecular weight is 1120 g/mol. The molecule has 2 saturated heterocycles. The highest BCUT2D eigenvalue weighted by atomic mass is 35.5. The molecule has 0 spiro atoms. The summed E-state index contributed by atoms with van der Waals surface area (Å²) in [5, 5.41) is 7.45. The Morgan fingerprint density at radius 3 is 1.82 bits per heavy atom. The second-order valence-corrected chi connectivity index (χ2v) is 25.6. The van der Waals surface area contributed by atoms with E-state index in [2.05, 4.69) is 82.5 Å². The number of nitrogens with two attached hydrogens (primary N) is 1. The van der Waals surface area contributed by atoms with Crippen LogP contribution in [0.15, 0.2) is 83.0 Å². The molecule has 0 saturated carbocycles. The van der Waals surface area contributed by atoms with Gasteiger partial charge in [0.25, 0.3) is 11.8 Å². The van der Waals surface area contributed by atoms with Crippen molar-refractivity contribution in [2.45, 2.75) is 155 Å². The molecule has 3 amide bonds. The summed E-state index contributed by atoms with van der Waals surface area (Å²) < 4.78 is 5.34. The number of carbonyl (C=O) groups is 3. The second-order valence-electron chi connectivity index (χ2n) is 24.3. The van der Waals surface area contributed by atoms with Gasteiger partial charge < -0.3 is 15.8 Å². The van der Waals surface area contributed by atoms with E-state index in [1.807, 2.05) is 77.2 Å². The molecule has 6 aliphatic rings. The summed E-state index contributed by atoms with van der Waals surface area (Å²) in [5.74, 6) is 2.26. The Morgan fingerprint density at radius 1 is 0.731 bits per heavy atom. The van der Waals surface area contributed by atoms with Crippen molar-refractivity contribution in [1.29, 1.82) is 0 Å². The molecule has 4 aliphatic heterocycles. The highest BCUT2D eigenvalue weighted by molar-refractivity contribution is 6.31. The van der Waals surface area contributed by atoms with E-state index in [1.54, 1.807) is 16.0 Å². The number of aryl methyl sites for hydroxylation is 4. The molecule has 2 aromatic heterocycles. The predicted octanol–water partition coefficient (Wildman–Crippen LogP) is 11.3. The number of nitrogens with one attached hydrogen (secondary N) is 2. The molecule has 4 atom stereocenters. The molecule has 4 N–H and O–H groups in total. The molecular weight excluding hydrogens is 1040 g/mol. The lowest BCUT2D eigenvalue weighted by Gasteiger charge is -2.39. The van der Waals surface area contributed by atoms with Crippen LogP contribution in [0.25, 0.3) is 0 Å². The zero-order valence-corrected chi connectivity index (χ0v) is 49.4. The van der Waals surface area contributed by atoms with Gasteiger partial charge in [-0.05, 0) is 218 Å². The van der Waals surface area contributed by atoms with Crippen molar-refractivity contribution in [2.24, 2.45) is 39.4 Å². The number of carbonyl (C=O) groups excluding carboxylic acids is 3. The van der Waals surface area contributed by atoms with E-state index in [0.717, 1.165) is 105 Å². The van der Waals surface area contributed by atoms with Crippen molar-refractivity contribution in [2.75, 3.05) is 39.3 Å². The molecule has 78 heavy (non-hydrogen) atoms. The monoisotopic (exact) mass is 1120 g/mol. The van der Waals surface area contributed by atoms with Gasteiger partial charge in [0.15, 0.2) is 5.96 Å². The smallest absolute Gasteiger partial charge is 0.414 e. The Balaban J connectivity index is 0.000000164. The number of alkyl halides is 1. The number of rotatable bonds is 9. The molecule has 14 nitrogen and oxygen atoms in total. The van der Waals surface area contributed by atoms with Crippen LogP contribution in [0.5, 0.6) is 0 Å². The van der Waals surface area contributed by atoms with Crippen molar-refractivity contribution in [3.8, 4) is 0 Å². The fourth-order valence-electron chi connectivity index (χ4n) is 12.2. The molecule has 2 fully saturated rings. The van der Waals surface area contributed by atoms with Crippen LogP contribution in [-0.4, -0.2) is 110 Å². The van der Waals surface area contributed by atoms with Crippen LogP contribution in [0.3, 0.4) is 0 Å². The van der Waals surface area contributed by atoms with Gasteiger partial charge in [-0.25, -0.2) is 14.8 Å². The molecule has 6 heterocycles. The summed E-state index contributed by atoms with van der Waals surface area (Å²) in [5.41, 5.74) is 13.8. The number of pyridine rings is 2. The minimum Gasteiger partial charge on any atom is -0.444 e. The van der Waals surface area contributed by atoms with Crippen molar-refractivity contribution in [3.05, 3.63) is 128 Å². The van der Waals surface area contributed by atoms with E-state index in [9.17, 15) is 14.4 Å². The van der Waals surface area contributed by atoms with Crippen molar-refractivity contribution in [3.63, 3.8) is 0 Å². The second kappa shape index (κ2) is 25.1. The Kier molecular flexibility index (Phi) is 19.0. The summed E-state index contributed by atoms with van der Waals surface area (Å²) >= 11 is 18.9. The number of likely N-dealkylation sites (tertiary alicyclic amines) is 1. The lowest BCUT2D eigenvalue weighted by Crippen LogP contribution is -2.50. The molecule has 2 aromatic carbocycles. The number of hydrogen-bond acceptors (Lipinski definition) is 11. The lowest BCUT2D eigenvalue weighted by molar-refractivity contribution is -0.132. The summed E-state index contributed by atoms with van der Waals surface area (Å²) in [6.45, 7) is 22.7. The number of fused-ring (bicyclic) bond motifs is 4. The number of hydrogen-bond donors (Lipinski definition) is 3. The normalized spacial score (nSPS) is 23.6. The number of piperidine rings is 2. The molecule has 420 valence electrons. The number of alkyl carbamates (subject to hydrolysis) is 1. The van der Waals surface area contributed by atoms with Crippen LogP contribution < -0.4 is 16.4 Å². The molecule has 2 aliphatic carbocycles. The molecular formula is C61H81Cl3N10O4. The van der Waals surface area contributed by atoms with Crippen molar-refractivity contribution < 1.29 is 19.1 Å².